The fraction of sp³-hybridized carbons (Fsp3) is 0.167. The van der Waals surface area contributed by atoms with Gasteiger partial charge >= 0.3 is 0 Å². The minimum Gasteiger partial charge on any atom is -0.489 e. The quantitative estimate of drug-likeness (QED) is 0.372. The Morgan fingerprint density at radius 2 is 1.91 bits per heavy atom. The van der Waals surface area contributed by atoms with Gasteiger partial charge in [-0.2, -0.15) is 5.10 Å². The highest BCUT2D eigenvalue weighted by Crippen LogP contribution is 2.26. The number of hydrogen-bond donors (Lipinski definition) is 3. The van der Waals surface area contributed by atoms with E-state index in [4.69, 9.17) is 16.3 Å². The monoisotopic (exact) mass is 452 g/mol. The number of hydrazine groups is 1. The Morgan fingerprint density at radius 3 is 2.69 bits per heavy atom. The lowest BCUT2D eigenvalue weighted by Gasteiger charge is -2.12. The molecular formula is C24H22ClFN4O2. The Bertz CT molecular complexity index is 1090. The minimum atomic E-state index is -0.441. The van der Waals surface area contributed by atoms with Crippen molar-refractivity contribution in [1.82, 2.24) is 16.3 Å². The van der Waals surface area contributed by atoms with Crippen molar-refractivity contribution in [3.8, 4) is 5.75 Å². The number of benzene rings is 3. The Balaban J connectivity index is 1.29. The van der Waals surface area contributed by atoms with Gasteiger partial charge in [-0.25, -0.2) is 20.7 Å². The summed E-state index contributed by atoms with van der Waals surface area (Å²) in [5.41, 5.74) is 11.4. The lowest BCUT2D eigenvalue weighted by Crippen LogP contribution is -2.41. The van der Waals surface area contributed by atoms with Crippen LogP contribution < -0.4 is 21.0 Å². The van der Waals surface area contributed by atoms with Gasteiger partial charge < -0.3 is 4.74 Å². The van der Waals surface area contributed by atoms with Crippen LogP contribution in [0.1, 0.15) is 29.2 Å². The number of nitrogens with one attached hydrogen (secondary N) is 3. The molecule has 2 unspecified atom stereocenters. The molecule has 1 aliphatic heterocycles. The van der Waals surface area contributed by atoms with Crippen LogP contribution in [0.2, 0.25) is 5.02 Å². The van der Waals surface area contributed by atoms with E-state index in [9.17, 15) is 9.18 Å². The van der Waals surface area contributed by atoms with Crippen molar-refractivity contribution in [2.24, 2.45) is 5.10 Å². The number of rotatable bonds is 7. The predicted molar refractivity (Wildman–Crippen MR) is 122 cm³/mol. The van der Waals surface area contributed by atoms with Crippen molar-refractivity contribution >= 4 is 23.7 Å². The van der Waals surface area contributed by atoms with Crippen LogP contribution >= 0.6 is 11.6 Å². The summed E-state index contributed by atoms with van der Waals surface area (Å²) in [4.78, 5) is 12.4. The number of hydrazone groups is 1. The molecule has 1 aliphatic rings. The van der Waals surface area contributed by atoms with E-state index < -0.39 is 6.04 Å². The van der Waals surface area contributed by atoms with Crippen molar-refractivity contribution in [2.75, 3.05) is 0 Å². The van der Waals surface area contributed by atoms with E-state index in [0.29, 0.717) is 23.6 Å². The van der Waals surface area contributed by atoms with Crippen LogP contribution in [-0.4, -0.2) is 18.2 Å². The van der Waals surface area contributed by atoms with E-state index in [0.717, 1.165) is 16.9 Å². The Labute approximate surface area is 190 Å². The zero-order chi connectivity index (χ0) is 22.3. The molecule has 1 heterocycles. The summed E-state index contributed by atoms with van der Waals surface area (Å²) in [5, 5.41) is 4.63. The molecule has 0 aromatic heterocycles. The molecule has 2 atom stereocenters. The molecule has 0 radical (unpaired) electrons. The van der Waals surface area contributed by atoms with E-state index in [2.05, 4.69) is 21.4 Å². The molecule has 6 nitrogen and oxygen atoms in total. The molecule has 0 bridgehead atoms. The van der Waals surface area contributed by atoms with Gasteiger partial charge in [-0.05, 0) is 59.5 Å². The van der Waals surface area contributed by atoms with Crippen molar-refractivity contribution in [2.45, 2.75) is 25.1 Å². The summed E-state index contributed by atoms with van der Waals surface area (Å²) in [6.45, 7) is 0.439. The first-order valence-corrected chi connectivity index (χ1v) is 10.5. The fourth-order valence-corrected chi connectivity index (χ4v) is 3.44. The molecule has 164 valence electrons. The van der Waals surface area contributed by atoms with Gasteiger partial charge in [0, 0.05) is 11.1 Å². The highest BCUT2D eigenvalue weighted by Gasteiger charge is 2.30. The summed E-state index contributed by atoms with van der Waals surface area (Å²) >= 11 is 5.92. The van der Waals surface area contributed by atoms with E-state index >= 15 is 0 Å². The number of nitrogens with zero attached hydrogens (tertiary/aromatic N) is 1. The molecule has 0 saturated carbocycles. The van der Waals surface area contributed by atoms with Gasteiger partial charge in [-0.1, -0.05) is 48.0 Å². The average molecular weight is 453 g/mol. The van der Waals surface area contributed by atoms with Crippen LogP contribution in [0.5, 0.6) is 5.75 Å². The highest BCUT2D eigenvalue weighted by atomic mass is 35.5. The zero-order valence-corrected chi connectivity index (χ0v) is 17.9. The first kappa shape index (κ1) is 22.0. The topological polar surface area (TPSA) is 74.8 Å². The normalized spacial score (nSPS) is 18.1. The molecule has 32 heavy (non-hydrogen) atoms. The van der Waals surface area contributed by atoms with Crippen molar-refractivity contribution < 1.29 is 13.9 Å². The maximum atomic E-state index is 12.9. The smallest absolute Gasteiger partial charge is 0.258 e. The summed E-state index contributed by atoms with van der Waals surface area (Å²) in [7, 11) is 0. The molecule has 3 N–H and O–H groups in total. The van der Waals surface area contributed by atoms with E-state index in [1.54, 1.807) is 12.1 Å². The standard InChI is InChI=1S/C24H22ClFN4O2/c25-19-8-4-17(5-9-19)15-32-21-3-1-2-18(12-21)22-13-23(29-28-22)24(31)30-27-14-16-6-10-20(26)11-7-16/h1-12,14,22-23,28-29H,13,15H2,(H,30,31)/b27-14+. The van der Waals surface area contributed by atoms with Crippen LogP contribution in [0.15, 0.2) is 77.9 Å². The lowest BCUT2D eigenvalue weighted by atomic mass is 10.0. The van der Waals surface area contributed by atoms with Crippen LogP contribution in [0.4, 0.5) is 4.39 Å². The van der Waals surface area contributed by atoms with Gasteiger partial charge in [0.1, 0.15) is 24.2 Å². The predicted octanol–water partition coefficient (Wildman–Crippen LogP) is 4.12. The van der Waals surface area contributed by atoms with Crippen LogP contribution in [0.3, 0.4) is 0 Å². The van der Waals surface area contributed by atoms with Gasteiger partial charge in [-0.15, -0.1) is 0 Å². The second-order valence-electron chi connectivity index (χ2n) is 7.40. The summed E-state index contributed by atoms with van der Waals surface area (Å²) in [5.74, 6) is 0.169. The molecule has 8 heteroatoms. The second-order valence-corrected chi connectivity index (χ2v) is 7.84. The van der Waals surface area contributed by atoms with Gasteiger partial charge in [0.15, 0.2) is 0 Å². The minimum absolute atomic E-state index is 0.0501. The molecule has 1 saturated heterocycles. The molecule has 1 amide bonds. The van der Waals surface area contributed by atoms with E-state index in [1.165, 1.54) is 18.3 Å². The molecule has 4 rings (SSSR count). The van der Waals surface area contributed by atoms with Gasteiger partial charge in [0.25, 0.3) is 5.91 Å². The summed E-state index contributed by atoms with van der Waals surface area (Å²) < 4.78 is 18.8. The first-order valence-electron chi connectivity index (χ1n) is 10.1. The molecule has 1 fully saturated rings. The zero-order valence-electron chi connectivity index (χ0n) is 17.1. The summed E-state index contributed by atoms with van der Waals surface area (Å²) in [6.07, 6.45) is 2.03. The third-order valence-corrected chi connectivity index (χ3v) is 5.31. The van der Waals surface area contributed by atoms with Crippen molar-refractivity contribution in [3.05, 3.63) is 100 Å². The Morgan fingerprint density at radius 1 is 1.12 bits per heavy atom. The number of ether oxygens (including phenoxy) is 1. The van der Waals surface area contributed by atoms with Gasteiger partial charge in [0.05, 0.1) is 6.21 Å². The van der Waals surface area contributed by atoms with Crippen LogP contribution in [-0.2, 0) is 11.4 Å². The number of halogens is 2. The summed E-state index contributed by atoms with van der Waals surface area (Å²) in [6, 6.07) is 20.6. The van der Waals surface area contributed by atoms with E-state index in [-0.39, 0.29) is 17.8 Å². The maximum absolute atomic E-state index is 12.9. The van der Waals surface area contributed by atoms with Crippen molar-refractivity contribution in [1.29, 1.82) is 0 Å². The van der Waals surface area contributed by atoms with Gasteiger partial charge in [0.2, 0.25) is 0 Å². The van der Waals surface area contributed by atoms with Crippen LogP contribution in [0.25, 0.3) is 0 Å². The lowest BCUT2D eigenvalue weighted by molar-refractivity contribution is -0.122. The number of hydrogen-bond acceptors (Lipinski definition) is 5. The fourth-order valence-electron chi connectivity index (χ4n) is 3.31. The number of carbonyl (C=O) groups is 1. The van der Waals surface area contributed by atoms with Crippen LogP contribution in [0, 0.1) is 5.82 Å². The SMILES string of the molecule is O=C(N/N=C/c1ccc(F)cc1)C1CC(c2cccc(OCc3ccc(Cl)cc3)c2)NN1. The van der Waals surface area contributed by atoms with E-state index in [1.807, 2.05) is 48.5 Å². The molecule has 0 aliphatic carbocycles. The van der Waals surface area contributed by atoms with Gasteiger partial charge in [-0.3, -0.25) is 4.79 Å². The highest BCUT2D eigenvalue weighted by molar-refractivity contribution is 6.30. The largest absolute Gasteiger partial charge is 0.489 e. The third kappa shape index (κ3) is 5.91. The Hall–Kier alpha value is -3.26. The maximum Gasteiger partial charge on any atom is 0.258 e. The first-order chi connectivity index (χ1) is 15.6. The third-order valence-electron chi connectivity index (χ3n) is 5.06. The molecule has 3 aromatic rings. The molecule has 3 aromatic carbocycles. The number of amides is 1. The Kier molecular flexibility index (Phi) is 7.11. The second kappa shape index (κ2) is 10.4. The van der Waals surface area contributed by atoms with Crippen molar-refractivity contribution in [3.63, 3.8) is 0 Å². The average Bonchev–Trinajstić information content (AvgIpc) is 3.31. The molecule has 0 spiro atoms. The number of carbonyl (C=O) groups excluding carboxylic acids is 1. The molecular weight excluding hydrogens is 431 g/mol.